The van der Waals surface area contributed by atoms with Crippen LogP contribution in [-0.4, -0.2) is 53.7 Å². The first kappa shape index (κ1) is 14.2. The minimum Gasteiger partial charge on any atom is -0.366 e. The van der Waals surface area contributed by atoms with Crippen molar-refractivity contribution in [2.45, 2.75) is 0 Å². The fourth-order valence-electron chi connectivity index (χ4n) is 2.12. The van der Waals surface area contributed by atoms with Crippen LogP contribution >= 0.6 is 0 Å². The Kier molecular flexibility index (Phi) is 4.14. The number of non-ortho nitro benzene ring substituents is 1. The number of Topliss-reactive ketones (excluding diaryl/α,β-unsaturated/α-hetero) is 1. The maximum absolute atomic E-state index is 12.3. The molecule has 0 N–H and O–H groups in total. The van der Waals surface area contributed by atoms with Gasteiger partial charge in [-0.3, -0.25) is 14.9 Å². The summed E-state index contributed by atoms with van der Waals surface area (Å²) in [5, 5.41) is 10.6. The topological polar surface area (TPSA) is 66.7 Å². The van der Waals surface area contributed by atoms with Crippen molar-refractivity contribution in [3.05, 3.63) is 52.2 Å². The van der Waals surface area contributed by atoms with Crippen LogP contribution in [0.3, 0.4) is 0 Å². The summed E-state index contributed by atoms with van der Waals surface area (Å²) in [7, 11) is 2.04. The van der Waals surface area contributed by atoms with Crippen molar-refractivity contribution in [1.82, 2.24) is 9.80 Å². The predicted molar refractivity (Wildman–Crippen MR) is 75.6 cm³/mol. The number of likely N-dealkylation sites (N-methyl/N-ethyl adjacent to an activating group) is 1. The minimum atomic E-state index is -0.483. The van der Waals surface area contributed by atoms with Crippen molar-refractivity contribution in [2.24, 2.45) is 0 Å². The van der Waals surface area contributed by atoms with Gasteiger partial charge in [0.05, 0.1) is 10.6 Å². The van der Waals surface area contributed by atoms with Crippen LogP contribution < -0.4 is 0 Å². The standard InChI is InChI=1S/C14H17N3O3/c1-11(16-9-7-15(2)8-10-16)14(18)12-3-5-13(6-4-12)17(19)20/h3-6H,1,7-10H2,2H3. The van der Waals surface area contributed by atoms with E-state index in [1.807, 2.05) is 11.9 Å². The van der Waals surface area contributed by atoms with Gasteiger partial charge in [0.2, 0.25) is 5.78 Å². The molecule has 20 heavy (non-hydrogen) atoms. The third-order valence-electron chi connectivity index (χ3n) is 3.49. The number of piperazine rings is 1. The Morgan fingerprint density at radius 1 is 1.20 bits per heavy atom. The number of benzene rings is 1. The van der Waals surface area contributed by atoms with E-state index < -0.39 is 4.92 Å². The Hall–Kier alpha value is -2.21. The summed E-state index contributed by atoms with van der Waals surface area (Å²) in [6.07, 6.45) is 0. The summed E-state index contributed by atoms with van der Waals surface area (Å²) in [4.78, 5) is 26.5. The first-order valence-electron chi connectivity index (χ1n) is 6.40. The van der Waals surface area contributed by atoms with Crippen LogP contribution in [-0.2, 0) is 0 Å². The smallest absolute Gasteiger partial charge is 0.269 e. The van der Waals surface area contributed by atoms with Gasteiger partial charge in [-0.1, -0.05) is 6.58 Å². The molecule has 0 spiro atoms. The lowest BCUT2D eigenvalue weighted by Crippen LogP contribution is -2.44. The molecule has 0 bridgehead atoms. The molecule has 1 heterocycles. The lowest BCUT2D eigenvalue weighted by molar-refractivity contribution is -0.384. The predicted octanol–water partition coefficient (Wildman–Crippen LogP) is 1.54. The van der Waals surface area contributed by atoms with Gasteiger partial charge in [0.15, 0.2) is 0 Å². The summed E-state index contributed by atoms with van der Waals surface area (Å²) in [6.45, 7) is 7.20. The van der Waals surface area contributed by atoms with Gasteiger partial charge in [-0.25, -0.2) is 0 Å². The molecule has 1 aliphatic rings. The van der Waals surface area contributed by atoms with Crippen LogP contribution in [0.15, 0.2) is 36.5 Å². The van der Waals surface area contributed by atoms with Gasteiger partial charge in [-0.05, 0) is 19.2 Å². The molecule has 0 atom stereocenters. The Balaban J connectivity index is 2.06. The summed E-state index contributed by atoms with van der Waals surface area (Å²) >= 11 is 0. The molecule has 1 aromatic carbocycles. The van der Waals surface area contributed by atoms with E-state index in [9.17, 15) is 14.9 Å². The zero-order chi connectivity index (χ0) is 14.7. The highest BCUT2D eigenvalue weighted by Crippen LogP contribution is 2.17. The average Bonchev–Trinajstić information content (AvgIpc) is 2.46. The third-order valence-corrected chi connectivity index (χ3v) is 3.49. The van der Waals surface area contributed by atoms with E-state index in [0.29, 0.717) is 11.3 Å². The zero-order valence-electron chi connectivity index (χ0n) is 11.4. The molecule has 0 saturated carbocycles. The molecular formula is C14H17N3O3. The summed E-state index contributed by atoms with van der Waals surface area (Å²) in [5.41, 5.74) is 0.859. The molecule has 0 amide bonds. The average molecular weight is 275 g/mol. The van der Waals surface area contributed by atoms with Crippen molar-refractivity contribution in [3.8, 4) is 0 Å². The van der Waals surface area contributed by atoms with Gasteiger partial charge in [0.25, 0.3) is 5.69 Å². The molecule has 0 radical (unpaired) electrons. The molecule has 6 heteroatoms. The number of hydrogen-bond donors (Lipinski definition) is 0. The Labute approximate surface area is 117 Å². The summed E-state index contributed by atoms with van der Waals surface area (Å²) in [5.74, 6) is -0.176. The van der Waals surface area contributed by atoms with Crippen molar-refractivity contribution in [3.63, 3.8) is 0 Å². The molecule has 0 aromatic heterocycles. The molecule has 106 valence electrons. The highest BCUT2D eigenvalue weighted by Gasteiger charge is 2.21. The monoisotopic (exact) mass is 275 g/mol. The van der Waals surface area contributed by atoms with Crippen molar-refractivity contribution < 1.29 is 9.72 Å². The number of carbonyl (C=O) groups excluding carboxylic acids is 1. The van der Waals surface area contributed by atoms with Crippen LogP contribution in [0, 0.1) is 10.1 Å². The van der Waals surface area contributed by atoms with E-state index in [1.165, 1.54) is 24.3 Å². The van der Waals surface area contributed by atoms with Crippen molar-refractivity contribution >= 4 is 11.5 Å². The largest absolute Gasteiger partial charge is 0.366 e. The number of rotatable bonds is 4. The molecule has 1 saturated heterocycles. The van der Waals surface area contributed by atoms with Gasteiger partial charge in [0.1, 0.15) is 0 Å². The van der Waals surface area contributed by atoms with Crippen molar-refractivity contribution in [2.75, 3.05) is 33.2 Å². The number of nitrogens with zero attached hydrogens (tertiary/aromatic N) is 3. The lowest BCUT2D eigenvalue weighted by Gasteiger charge is -2.34. The number of nitro groups is 1. The van der Waals surface area contributed by atoms with Crippen LogP contribution in [0.4, 0.5) is 5.69 Å². The quantitative estimate of drug-likeness (QED) is 0.361. The minimum absolute atomic E-state index is 0.0215. The van der Waals surface area contributed by atoms with Gasteiger partial charge < -0.3 is 9.80 Å². The van der Waals surface area contributed by atoms with Crippen LogP contribution in [0.1, 0.15) is 10.4 Å². The Morgan fingerprint density at radius 2 is 1.75 bits per heavy atom. The van der Waals surface area contributed by atoms with Gasteiger partial charge in [-0.2, -0.15) is 0 Å². The van der Waals surface area contributed by atoms with Crippen molar-refractivity contribution in [1.29, 1.82) is 0 Å². The highest BCUT2D eigenvalue weighted by atomic mass is 16.6. The van der Waals surface area contributed by atoms with Gasteiger partial charge in [-0.15, -0.1) is 0 Å². The van der Waals surface area contributed by atoms with Crippen LogP contribution in [0.25, 0.3) is 0 Å². The second-order valence-electron chi connectivity index (χ2n) is 4.87. The first-order chi connectivity index (χ1) is 9.49. The van der Waals surface area contributed by atoms with E-state index in [0.717, 1.165) is 26.2 Å². The van der Waals surface area contributed by atoms with Gasteiger partial charge in [0, 0.05) is 43.9 Å². The third kappa shape index (κ3) is 3.03. The lowest BCUT2D eigenvalue weighted by atomic mass is 10.1. The zero-order valence-corrected chi connectivity index (χ0v) is 11.4. The van der Waals surface area contributed by atoms with E-state index in [4.69, 9.17) is 0 Å². The number of carbonyl (C=O) groups is 1. The molecular weight excluding hydrogens is 258 g/mol. The molecule has 0 unspecified atom stereocenters. The number of ketones is 1. The van der Waals surface area contributed by atoms with E-state index in [2.05, 4.69) is 11.5 Å². The highest BCUT2D eigenvalue weighted by molar-refractivity contribution is 6.07. The van der Waals surface area contributed by atoms with Crippen LogP contribution in [0.2, 0.25) is 0 Å². The number of allylic oxidation sites excluding steroid dienone is 1. The van der Waals surface area contributed by atoms with E-state index in [-0.39, 0.29) is 11.5 Å². The fraction of sp³-hybridized carbons (Fsp3) is 0.357. The molecule has 1 fully saturated rings. The van der Waals surface area contributed by atoms with Crippen LogP contribution in [0.5, 0.6) is 0 Å². The Bertz CT molecular complexity index is 531. The molecule has 0 aliphatic carbocycles. The fourth-order valence-corrected chi connectivity index (χ4v) is 2.12. The first-order valence-corrected chi connectivity index (χ1v) is 6.40. The van der Waals surface area contributed by atoms with E-state index in [1.54, 1.807) is 0 Å². The SMILES string of the molecule is C=C(C(=O)c1ccc([N+](=O)[O-])cc1)N1CCN(C)CC1. The molecule has 2 rings (SSSR count). The molecule has 1 aliphatic heterocycles. The number of nitro benzene ring substituents is 1. The molecule has 6 nitrogen and oxygen atoms in total. The second-order valence-corrected chi connectivity index (χ2v) is 4.87. The summed E-state index contributed by atoms with van der Waals surface area (Å²) in [6, 6.07) is 5.62. The molecule has 1 aromatic rings. The summed E-state index contributed by atoms with van der Waals surface area (Å²) < 4.78 is 0. The number of hydrogen-bond acceptors (Lipinski definition) is 5. The maximum Gasteiger partial charge on any atom is 0.269 e. The maximum atomic E-state index is 12.3. The van der Waals surface area contributed by atoms with Gasteiger partial charge >= 0.3 is 0 Å². The Morgan fingerprint density at radius 3 is 2.25 bits per heavy atom. The van der Waals surface area contributed by atoms with E-state index >= 15 is 0 Å². The normalized spacial score (nSPS) is 15.9. The second kappa shape index (κ2) is 5.83.